The Labute approximate surface area is 178 Å². The topological polar surface area (TPSA) is 62.3 Å². The number of benzene rings is 1. The molecule has 2 amide bonds. The third-order valence-electron chi connectivity index (χ3n) is 6.86. The maximum atomic E-state index is 13.7. The minimum atomic E-state index is -0.440. The lowest BCUT2D eigenvalue weighted by Gasteiger charge is -2.43. The predicted molar refractivity (Wildman–Crippen MR) is 117 cm³/mol. The van der Waals surface area contributed by atoms with E-state index in [1.807, 2.05) is 35.4 Å². The third kappa shape index (κ3) is 3.98. The zero-order valence-electron chi connectivity index (χ0n) is 17.9. The molecule has 1 N–H and O–H groups in total. The number of nitrogens with one attached hydrogen (secondary N) is 1. The number of rotatable bonds is 7. The van der Waals surface area contributed by atoms with Gasteiger partial charge in [0.1, 0.15) is 12.1 Å². The third-order valence-corrected chi connectivity index (χ3v) is 6.86. The monoisotopic (exact) mass is 405 g/mol. The van der Waals surface area contributed by atoms with Crippen LogP contribution in [0.4, 0.5) is 0 Å². The lowest BCUT2D eigenvalue weighted by Crippen LogP contribution is -2.67. The molecule has 2 atom stereocenters. The first-order valence-electron chi connectivity index (χ1n) is 11.2. The number of hydrogen-bond donors (Lipinski definition) is 1. The molecule has 30 heavy (non-hydrogen) atoms. The van der Waals surface area contributed by atoms with Crippen LogP contribution in [0.1, 0.15) is 43.4 Å². The molecule has 0 bridgehead atoms. The first kappa shape index (κ1) is 20.6. The number of amides is 2. The Morgan fingerprint density at radius 2 is 1.77 bits per heavy atom. The Kier molecular flexibility index (Phi) is 6.16. The van der Waals surface area contributed by atoms with Gasteiger partial charge in [0.15, 0.2) is 0 Å². The van der Waals surface area contributed by atoms with Crippen LogP contribution in [0.25, 0.3) is 0 Å². The molecule has 2 unspecified atom stereocenters. The van der Waals surface area contributed by atoms with Crippen LogP contribution in [0.15, 0.2) is 48.8 Å². The predicted octanol–water partition coefficient (Wildman–Crippen LogP) is 3.17. The van der Waals surface area contributed by atoms with Crippen molar-refractivity contribution in [2.24, 2.45) is 11.8 Å². The SMILES string of the molecule is CCC(CC)C1C(=O)NC(C2Cc3ccccc3C2)C(=O)N1CCc1cccnc1. The smallest absolute Gasteiger partial charge is 0.246 e. The van der Waals surface area contributed by atoms with Crippen LogP contribution in [0.5, 0.6) is 0 Å². The fraction of sp³-hybridized carbons (Fsp3) is 0.480. The van der Waals surface area contributed by atoms with E-state index in [2.05, 4.69) is 36.3 Å². The van der Waals surface area contributed by atoms with Gasteiger partial charge < -0.3 is 10.2 Å². The molecule has 1 aromatic heterocycles. The molecule has 158 valence electrons. The standard InChI is InChI=1S/C25H31N3O2/c1-3-18(4-2)23-24(29)27-22(21-14-19-9-5-6-10-20(19)15-21)25(30)28(23)13-11-17-8-7-12-26-16-17/h5-10,12,16,18,21-23H,3-4,11,13-15H2,1-2H3,(H,27,29). The molecule has 5 heteroatoms. The zero-order chi connectivity index (χ0) is 21.1. The van der Waals surface area contributed by atoms with Crippen molar-refractivity contribution >= 4 is 11.8 Å². The second-order valence-electron chi connectivity index (χ2n) is 8.59. The van der Waals surface area contributed by atoms with Gasteiger partial charge in [-0.15, -0.1) is 0 Å². The van der Waals surface area contributed by atoms with E-state index in [0.29, 0.717) is 13.0 Å². The van der Waals surface area contributed by atoms with Crippen molar-refractivity contribution in [3.8, 4) is 0 Å². The van der Waals surface area contributed by atoms with Crippen molar-refractivity contribution in [2.45, 2.75) is 58.0 Å². The van der Waals surface area contributed by atoms with E-state index in [-0.39, 0.29) is 29.7 Å². The quantitative estimate of drug-likeness (QED) is 0.770. The van der Waals surface area contributed by atoms with Gasteiger partial charge in [0, 0.05) is 18.9 Å². The highest BCUT2D eigenvalue weighted by Gasteiger charge is 2.46. The number of hydrogen-bond acceptors (Lipinski definition) is 3. The normalized spacial score (nSPS) is 21.8. The van der Waals surface area contributed by atoms with Crippen molar-refractivity contribution in [3.63, 3.8) is 0 Å². The molecule has 2 heterocycles. The number of fused-ring (bicyclic) bond motifs is 1. The van der Waals surface area contributed by atoms with Crippen molar-refractivity contribution < 1.29 is 9.59 Å². The Morgan fingerprint density at radius 3 is 2.37 bits per heavy atom. The fourth-order valence-corrected chi connectivity index (χ4v) is 5.15. The van der Waals surface area contributed by atoms with Gasteiger partial charge in [0.2, 0.25) is 11.8 Å². The van der Waals surface area contributed by atoms with Gasteiger partial charge in [-0.05, 0) is 53.9 Å². The van der Waals surface area contributed by atoms with Crippen LogP contribution in [-0.2, 0) is 28.9 Å². The average molecular weight is 406 g/mol. The number of pyridine rings is 1. The average Bonchev–Trinajstić information content (AvgIpc) is 3.20. The molecule has 2 aromatic rings. The summed E-state index contributed by atoms with van der Waals surface area (Å²) in [6.45, 7) is 4.76. The highest BCUT2D eigenvalue weighted by molar-refractivity contribution is 5.97. The summed E-state index contributed by atoms with van der Waals surface area (Å²) in [6, 6.07) is 11.5. The van der Waals surface area contributed by atoms with Crippen LogP contribution in [0.3, 0.4) is 0 Å². The maximum Gasteiger partial charge on any atom is 0.246 e. The lowest BCUT2D eigenvalue weighted by molar-refractivity contribution is -0.153. The molecule has 1 fully saturated rings. The van der Waals surface area contributed by atoms with Crippen molar-refractivity contribution in [2.75, 3.05) is 6.54 Å². The Morgan fingerprint density at radius 1 is 1.07 bits per heavy atom. The minimum absolute atomic E-state index is 0.00967. The van der Waals surface area contributed by atoms with E-state index in [1.165, 1.54) is 11.1 Å². The highest BCUT2D eigenvalue weighted by Crippen LogP contribution is 2.32. The van der Waals surface area contributed by atoms with E-state index in [1.54, 1.807) is 6.20 Å². The van der Waals surface area contributed by atoms with Gasteiger partial charge in [-0.2, -0.15) is 0 Å². The zero-order valence-corrected chi connectivity index (χ0v) is 17.9. The summed E-state index contributed by atoms with van der Waals surface area (Å²) in [4.78, 5) is 33.0. The molecule has 0 radical (unpaired) electrons. The summed E-state index contributed by atoms with van der Waals surface area (Å²) in [5.41, 5.74) is 3.69. The van der Waals surface area contributed by atoms with Gasteiger partial charge in [-0.3, -0.25) is 14.6 Å². The molecule has 1 aromatic carbocycles. The van der Waals surface area contributed by atoms with Crippen molar-refractivity contribution in [1.29, 1.82) is 0 Å². The lowest BCUT2D eigenvalue weighted by atomic mass is 9.86. The van der Waals surface area contributed by atoms with E-state index >= 15 is 0 Å². The Hall–Kier alpha value is -2.69. The van der Waals surface area contributed by atoms with Gasteiger partial charge in [0.25, 0.3) is 0 Å². The molecule has 0 saturated carbocycles. The summed E-state index contributed by atoms with van der Waals surface area (Å²) >= 11 is 0. The number of nitrogens with zero attached hydrogens (tertiary/aromatic N) is 2. The van der Waals surface area contributed by atoms with E-state index in [4.69, 9.17) is 0 Å². The Balaban J connectivity index is 1.56. The minimum Gasteiger partial charge on any atom is -0.342 e. The maximum absolute atomic E-state index is 13.7. The van der Waals surface area contributed by atoms with E-state index in [0.717, 1.165) is 31.2 Å². The van der Waals surface area contributed by atoms with Crippen molar-refractivity contribution in [1.82, 2.24) is 15.2 Å². The Bertz CT molecular complexity index is 869. The molecule has 5 nitrogen and oxygen atoms in total. The van der Waals surface area contributed by atoms with Gasteiger partial charge >= 0.3 is 0 Å². The molecule has 4 rings (SSSR count). The number of carbonyl (C=O) groups is 2. The summed E-state index contributed by atoms with van der Waals surface area (Å²) in [7, 11) is 0. The van der Waals surface area contributed by atoms with Gasteiger partial charge in [-0.1, -0.05) is 57.0 Å². The summed E-state index contributed by atoms with van der Waals surface area (Å²) in [5.74, 6) is 0.385. The molecular weight excluding hydrogens is 374 g/mol. The van der Waals surface area contributed by atoms with Crippen LogP contribution >= 0.6 is 0 Å². The molecule has 1 aliphatic carbocycles. The molecule has 2 aliphatic rings. The number of carbonyl (C=O) groups excluding carboxylic acids is 2. The van der Waals surface area contributed by atoms with Crippen LogP contribution in [-0.4, -0.2) is 40.3 Å². The fourth-order valence-electron chi connectivity index (χ4n) is 5.15. The van der Waals surface area contributed by atoms with Crippen LogP contribution < -0.4 is 5.32 Å². The first-order chi connectivity index (χ1) is 14.6. The second-order valence-corrected chi connectivity index (χ2v) is 8.59. The number of piperazine rings is 1. The van der Waals surface area contributed by atoms with Crippen molar-refractivity contribution in [3.05, 3.63) is 65.5 Å². The van der Waals surface area contributed by atoms with E-state index < -0.39 is 6.04 Å². The molecule has 1 aliphatic heterocycles. The highest BCUT2D eigenvalue weighted by atomic mass is 16.2. The molecule has 0 spiro atoms. The van der Waals surface area contributed by atoms with Crippen LogP contribution in [0.2, 0.25) is 0 Å². The van der Waals surface area contributed by atoms with E-state index in [9.17, 15) is 9.59 Å². The van der Waals surface area contributed by atoms with Gasteiger partial charge in [0.05, 0.1) is 0 Å². The van der Waals surface area contributed by atoms with Crippen LogP contribution in [0, 0.1) is 11.8 Å². The molecular formula is C25H31N3O2. The number of aromatic nitrogens is 1. The summed E-state index contributed by atoms with van der Waals surface area (Å²) < 4.78 is 0. The summed E-state index contributed by atoms with van der Waals surface area (Å²) in [5, 5.41) is 3.13. The van der Waals surface area contributed by atoms with Gasteiger partial charge in [-0.25, -0.2) is 0 Å². The second kappa shape index (κ2) is 8.99. The molecule has 1 saturated heterocycles. The largest absolute Gasteiger partial charge is 0.342 e. The first-order valence-corrected chi connectivity index (χ1v) is 11.2. The summed E-state index contributed by atoms with van der Waals surface area (Å²) in [6.07, 6.45) is 7.75.